The number of rotatable bonds is 5. The van der Waals surface area contributed by atoms with Crippen LogP contribution in [0, 0.1) is 6.92 Å². The van der Waals surface area contributed by atoms with E-state index >= 15 is 0 Å². The predicted octanol–water partition coefficient (Wildman–Crippen LogP) is 5.77. The van der Waals surface area contributed by atoms with Crippen LogP contribution in [0.5, 0.6) is 0 Å². The van der Waals surface area contributed by atoms with E-state index in [1.807, 2.05) is 19.1 Å². The number of hydrogen-bond donors (Lipinski definition) is 1. The summed E-state index contributed by atoms with van der Waals surface area (Å²) in [7, 11) is 0. The van der Waals surface area contributed by atoms with E-state index in [1.54, 1.807) is 0 Å². The zero-order valence-corrected chi connectivity index (χ0v) is 13.2. The van der Waals surface area contributed by atoms with Gasteiger partial charge >= 0.3 is 0 Å². The number of hydrogen-bond acceptors (Lipinski definition) is 1. The summed E-state index contributed by atoms with van der Waals surface area (Å²) in [6, 6.07) is 15.1. The summed E-state index contributed by atoms with van der Waals surface area (Å²) in [4.78, 5) is 0. The van der Waals surface area contributed by atoms with Crippen LogP contribution in [0.4, 0.5) is 5.69 Å². The highest BCUT2D eigenvalue weighted by Crippen LogP contribution is 2.27. The minimum atomic E-state index is 0.267. The van der Waals surface area contributed by atoms with Crippen molar-refractivity contribution < 1.29 is 0 Å². The molecule has 1 unspecified atom stereocenters. The molecule has 0 aliphatic rings. The Balaban J connectivity index is 2.11. The van der Waals surface area contributed by atoms with Gasteiger partial charge in [-0.15, -0.1) is 0 Å². The van der Waals surface area contributed by atoms with Crippen LogP contribution < -0.4 is 5.32 Å². The van der Waals surface area contributed by atoms with Gasteiger partial charge in [-0.3, -0.25) is 0 Å². The maximum atomic E-state index is 6.16. The molecule has 2 rings (SSSR count). The second-order valence-electron chi connectivity index (χ2n) is 5.27. The van der Waals surface area contributed by atoms with Crippen LogP contribution in [0.25, 0.3) is 0 Å². The van der Waals surface area contributed by atoms with Crippen molar-refractivity contribution in [2.45, 2.75) is 39.7 Å². The molecular weight excluding hydrogens is 266 g/mol. The van der Waals surface area contributed by atoms with Crippen LogP contribution in [0.2, 0.25) is 5.02 Å². The Labute approximate surface area is 127 Å². The Kier molecular flexibility index (Phi) is 5.08. The van der Waals surface area contributed by atoms with Crippen molar-refractivity contribution in [1.29, 1.82) is 0 Å². The van der Waals surface area contributed by atoms with Gasteiger partial charge in [0.05, 0.1) is 0 Å². The lowest BCUT2D eigenvalue weighted by Gasteiger charge is -2.18. The highest BCUT2D eigenvalue weighted by atomic mass is 35.5. The topological polar surface area (TPSA) is 12.0 Å². The van der Waals surface area contributed by atoms with Gasteiger partial charge in [0.1, 0.15) is 0 Å². The third-order valence-electron chi connectivity index (χ3n) is 3.66. The third kappa shape index (κ3) is 3.55. The molecule has 0 saturated carbocycles. The summed E-state index contributed by atoms with van der Waals surface area (Å²) in [5.74, 6) is 0. The molecule has 0 aliphatic heterocycles. The average Bonchev–Trinajstić information content (AvgIpc) is 2.45. The smallest absolute Gasteiger partial charge is 0.0485 e. The van der Waals surface area contributed by atoms with Crippen molar-refractivity contribution in [3.8, 4) is 0 Å². The summed E-state index contributed by atoms with van der Waals surface area (Å²) < 4.78 is 0. The van der Waals surface area contributed by atoms with Gasteiger partial charge in [-0.2, -0.15) is 0 Å². The van der Waals surface area contributed by atoms with Gasteiger partial charge in [0.15, 0.2) is 0 Å². The molecule has 0 fully saturated rings. The van der Waals surface area contributed by atoms with Gasteiger partial charge in [0, 0.05) is 16.8 Å². The van der Waals surface area contributed by atoms with E-state index < -0.39 is 0 Å². The van der Waals surface area contributed by atoms with Gasteiger partial charge in [-0.1, -0.05) is 55.3 Å². The van der Waals surface area contributed by atoms with Gasteiger partial charge < -0.3 is 5.32 Å². The molecule has 1 atom stereocenters. The normalized spacial score (nSPS) is 12.2. The van der Waals surface area contributed by atoms with E-state index in [1.165, 1.54) is 17.5 Å². The Morgan fingerprint density at radius 3 is 2.45 bits per heavy atom. The largest absolute Gasteiger partial charge is 0.378 e. The first kappa shape index (κ1) is 14.9. The van der Waals surface area contributed by atoms with Crippen molar-refractivity contribution in [2.24, 2.45) is 0 Å². The highest BCUT2D eigenvalue weighted by Gasteiger charge is 2.08. The van der Waals surface area contributed by atoms with Crippen molar-refractivity contribution >= 4 is 17.3 Å². The minimum Gasteiger partial charge on any atom is -0.378 e. The molecule has 0 aromatic heterocycles. The van der Waals surface area contributed by atoms with Gasteiger partial charge in [0.2, 0.25) is 0 Å². The van der Waals surface area contributed by atoms with Crippen LogP contribution in [0.1, 0.15) is 43.0 Å². The molecule has 0 aliphatic carbocycles. The van der Waals surface area contributed by atoms with E-state index in [2.05, 4.69) is 49.5 Å². The van der Waals surface area contributed by atoms with E-state index in [0.717, 1.165) is 22.7 Å². The molecule has 2 heteroatoms. The predicted molar refractivity (Wildman–Crippen MR) is 88.7 cm³/mol. The number of benzene rings is 2. The van der Waals surface area contributed by atoms with Gasteiger partial charge in [-0.05, 0) is 49.1 Å². The summed E-state index contributed by atoms with van der Waals surface area (Å²) in [5.41, 5.74) is 4.90. The maximum Gasteiger partial charge on any atom is 0.0485 e. The lowest BCUT2D eigenvalue weighted by Crippen LogP contribution is -2.07. The Morgan fingerprint density at radius 2 is 1.80 bits per heavy atom. The van der Waals surface area contributed by atoms with Crippen molar-refractivity contribution in [3.63, 3.8) is 0 Å². The fourth-order valence-corrected chi connectivity index (χ4v) is 2.52. The molecule has 0 radical (unpaired) electrons. The zero-order valence-electron chi connectivity index (χ0n) is 12.4. The number of anilines is 1. The molecule has 20 heavy (non-hydrogen) atoms. The maximum absolute atomic E-state index is 6.16. The lowest BCUT2D eigenvalue weighted by atomic mass is 10.0. The van der Waals surface area contributed by atoms with Crippen LogP contribution in [-0.4, -0.2) is 0 Å². The Bertz CT molecular complexity index is 560. The number of aryl methyl sites for hydroxylation is 1. The lowest BCUT2D eigenvalue weighted by molar-refractivity contribution is 0.874. The second-order valence-corrected chi connectivity index (χ2v) is 5.68. The zero-order chi connectivity index (χ0) is 14.5. The summed E-state index contributed by atoms with van der Waals surface area (Å²) in [6.07, 6.45) is 2.34. The van der Waals surface area contributed by atoms with Crippen LogP contribution in [0.3, 0.4) is 0 Å². The van der Waals surface area contributed by atoms with Crippen LogP contribution >= 0.6 is 11.6 Å². The Morgan fingerprint density at radius 1 is 1.10 bits per heavy atom. The molecule has 0 bridgehead atoms. The SMILES string of the molecule is CCCc1ccc(C(C)Nc2cccc(Cl)c2C)cc1. The highest BCUT2D eigenvalue weighted by molar-refractivity contribution is 6.31. The van der Waals surface area contributed by atoms with Gasteiger partial charge in [-0.25, -0.2) is 0 Å². The number of halogens is 1. The van der Waals surface area contributed by atoms with E-state index in [-0.39, 0.29) is 6.04 Å². The molecule has 1 nitrogen and oxygen atoms in total. The summed E-state index contributed by atoms with van der Waals surface area (Å²) in [5, 5.41) is 4.34. The summed E-state index contributed by atoms with van der Waals surface area (Å²) in [6.45, 7) is 6.43. The van der Waals surface area contributed by atoms with Crippen molar-refractivity contribution in [1.82, 2.24) is 0 Å². The Hall–Kier alpha value is -1.47. The van der Waals surface area contributed by atoms with Gasteiger partial charge in [0.25, 0.3) is 0 Å². The molecule has 0 heterocycles. The van der Waals surface area contributed by atoms with E-state index in [0.29, 0.717) is 0 Å². The van der Waals surface area contributed by atoms with E-state index in [9.17, 15) is 0 Å². The second kappa shape index (κ2) is 6.81. The average molecular weight is 288 g/mol. The fraction of sp³-hybridized carbons (Fsp3) is 0.333. The molecule has 0 amide bonds. The van der Waals surface area contributed by atoms with Crippen molar-refractivity contribution in [2.75, 3.05) is 5.32 Å². The first-order valence-corrected chi connectivity index (χ1v) is 7.60. The fourth-order valence-electron chi connectivity index (χ4n) is 2.34. The summed E-state index contributed by atoms with van der Waals surface area (Å²) >= 11 is 6.16. The minimum absolute atomic E-state index is 0.267. The monoisotopic (exact) mass is 287 g/mol. The molecule has 106 valence electrons. The molecular formula is C18H22ClN. The molecule has 2 aromatic rings. The van der Waals surface area contributed by atoms with Crippen LogP contribution in [0.15, 0.2) is 42.5 Å². The molecule has 0 saturated heterocycles. The standard InChI is InChI=1S/C18H22ClN/c1-4-6-15-9-11-16(12-10-15)14(3)20-18-8-5-7-17(19)13(18)2/h5,7-12,14,20H,4,6H2,1-3H3. The third-order valence-corrected chi connectivity index (χ3v) is 4.07. The van der Waals surface area contributed by atoms with Crippen LogP contribution in [-0.2, 0) is 6.42 Å². The van der Waals surface area contributed by atoms with E-state index in [4.69, 9.17) is 11.6 Å². The first-order valence-electron chi connectivity index (χ1n) is 7.22. The van der Waals surface area contributed by atoms with Crippen molar-refractivity contribution in [3.05, 3.63) is 64.2 Å². The molecule has 1 N–H and O–H groups in total. The number of nitrogens with one attached hydrogen (secondary N) is 1. The molecule has 2 aromatic carbocycles. The quantitative estimate of drug-likeness (QED) is 0.735. The first-order chi connectivity index (χ1) is 9.61. The molecule has 0 spiro atoms.